The van der Waals surface area contributed by atoms with Crippen LogP contribution >= 0.6 is 11.8 Å². The first-order valence-electron chi connectivity index (χ1n) is 1.11. The fourth-order valence-corrected chi connectivity index (χ4v) is 0. The van der Waals surface area contributed by atoms with Gasteiger partial charge < -0.3 is 5.73 Å². The second kappa shape index (κ2) is 3.31. The van der Waals surface area contributed by atoms with Gasteiger partial charge in [0.25, 0.3) is 0 Å². The molecule has 0 spiro atoms. The minimum atomic E-state index is 0.736. The Morgan fingerprint density at radius 1 is 2.00 bits per heavy atom. The SMILES string of the molecule is CSCN. The Kier molecular flexibility index (Phi) is 3.57. The fourth-order valence-electron chi connectivity index (χ4n) is 0. The van der Waals surface area contributed by atoms with Crippen LogP contribution in [0, 0.1) is 0 Å². The summed E-state index contributed by atoms with van der Waals surface area (Å²) in [6, 6.07) is 0. The van der Waals surface area contributed by atoms with E-state index in [1.165, 1.54) is 0 Å². The van der Waals surface area contributed by atoms with Gasteiger partial charge in [0.05, 0.1) is 0 Å². The molecule has 0 amide bonds. The maximum absolute atomic E-state index is 4.99. The van der Waals surface area contributed by atoms with Crippen molar-refractivity contribution in [3.8, 4) is 0 Å². The molecular weight excluding hydrogens is 70.1 g/mol. The van der Waals surface area contributed by atoms with Crippen LogP contribution in [0.15, 0.2) is 0 Å². The number of rotatable bonds is 1. The van der Waals surface area contributed by atoms with Crippen LogP contribution < -0.4 is 5.73 Å². The van der Waals surface area contributed by atoms with Gasteiger partial charge in [0, 0.05) is 5.88 Å². The van der Waals surface area contributed by atoms with Crippen LogP contribution in [0.25, 0.3) is 0 Å². The predicted molar refractivity (Wildman–Crippen MR) is 22.6 cm³/mol. The molecule has 26 valence electrons. The predicted octanol–water partition coefficient (Wildman–Crippen LogP) is 0.266. The lowest BCUT2D eigenvalue weighted by Gasteiger charge is -1.71. The first-order chi connectivity index (χ1) is 1.91. The van der Waals surface area contributed by atoms with E-state index in [1.54, 1.807) is 11.8 Å². The highest BCUT2D eigenvalue weighted by atomic mass is 32.2. The number of hydrogen-bond donors (Lipinski definition) is 1. The molecule has 0 aromatic heterocycles. The summed E-state index contributed by atoms with van der Waals surface area (Å²) in [5.41, 5.74) is 4.99. The fraction of sp³-hybridized carbons (Fsp3) is 1.00. The first-order valence-corrected chi connectivity index (χ1v) is 2.50. The van der Waals surface area contributed by atoms with Gasteiger partial charge in [-0.15, -0.1) is 0 Å². The molecule has 0 rings (SSSR count). The summed E-state index contributed by atoms with van der Waals surface area (Å²) >= 11 is 1.63. The van der Waals surface area contributed by atoms with Crippen molar-refractivity contribution in [3.05, 3.63) is 0 Å². The third kappa shape index (κ3) is 2.31. The molecule has 0 aromatic rings. The van der Waals surface area contributed by atoms with Gasteiger partial charge in [0.1, 0.15) is 0 Å². The summed E-state index contributed by atoms with van der Waals surface area (Å²) in [6.45, 7) is 0. The second-order valence-corrected chi connectivity index (χ2v) is 1.37. The Morgan fingerprint density at radius 3 is 2.25 bits per heavy atom. The van der Waals surface area contributed by atoms with Crippen LogP contribution in [-0.4, -0.2) is 12.1 Å². The van der Waals surface area contributed by atoms with Crippen molar-refractivity contribution in [2.24, 2.45) is 5.73 Å². The Balaban J connectivity index is 1.97. The van der Waals surface area contributed by atoms with Crippen molar-refractivity contribution in [1.29, 1.82) is 0 Å². The monoisotopic (exact) mass is 77.0 g/mol. The van der Waals surface area contributed by atoms with Crippen LogP contribution in [0.2, 0.25) is 0 Å². The van der Waals surface area contributed by atoms with E-state index < -0.39 is 0 Å². The summed E-state index contributed by atoms with van der Waals surface area (Å²) in [5.74, 6) is 0.736. The minimum Gasteiger partial charge on any atom is -0.322 e. The van der Waals surface area contributed by atoms with Gasteiger partial charge in [0.15, 0.2) is 0 Å². The van der Waals surface area contributed by atoms with Crippen molar-refractivity contribution in [2.45, 2.75) is 0 Å². The number of thioether (sulfide) groups is 1. The molecule has 0 fully saturated rings. The average Bonchev–Trinajstić information content (AvgIpc) is 1.37. The highest BCUT2D eigenvalue weighted by Gasteiger charge is 1.54. The summed E-state index contributed by atoms with van der Waals surface area (Å²) in [6.07, 6.45) is 1.97. The lowest BCUT2D eigenvalue weighted by atomic mass is 11.5. The first kappa shape index (κ1) is 4.31. The van der Waals surface area contributed by atoms with Crippen LogP contribution in [0.5, 0.6) is 0 Å². The molecule has 0 radical (unpaired) electrons. The zero-order valence-electron chi connectivity index (χ0n) is 2.69. The van der Waals surface area contributed by atoms with Crippen LogP contribution in [-0.2, 0) is 0 Å². The summed E-state index contributed by atoms with van der Waals surface area (Å²) < 4.78 is 0. The van der Waals surface area contributed by atoms with E-state index in [-0.39, 0.29) is 0 Å². The number of hydrogen-bond acceptors (Lipinski definition) is 2. The van der Waals surface area contributed by atoms with Gasteiger partial charge in [-0.3, -0.25) is 0 Å². The number of nitrogens with two attached hydrogens (primary N) is 1. The van der Waals surface area contributed by atoms with Crippen molar-refractivity contribution in [2.75, 3.05) is 12.1 Å². The van der Waals surface area contributed by atoms with Gasteiger partial charge in [-0.1, -0.05) is 0 Å². The van der Waals surface area contributed by atoms with Crippen molar-refractivity contribution in [1.82, 2.24) is 0 Å². The summed E-state index contributed by atoms with van der Waals surface area (Å²) in [4.78, 5) is 0. The Hall–Kier alpha value is 0.310. The van der Waals surface area contributed by atoms with E-state index in [2.05, 4.69) is 0 Å². The second-order valence-electron chi connectivity index (χ2n) is 0.455. The van der Waals surface area contributed by atoms with E-state index in [4.69, 9.17) is 5.73 Å². The molecule has 2 N–H and O–H groups in total. The summed E-state index contributed by atoms with van der Waals surface area (Å²) in [5, 5.41) is 0. The van der Waals surface area contributed by atoms with Crippen LogP contribution in [0.3, 0.4) is 0 Å². The van der Waals surface area contributed by atoms with E-state index in [1.807, 2.05) is 6.26 Å². The zero-order chi connectivity index (χ0) is 3.41. The third-order valence-corrected chi connectivity index (χ3v) is 0.500. The molecule has 0 aliphatic heterocycles. The van der Waals surface area contributed by atoms with Crippen LogP contribution in [0.1, 0.15) is 0 Å². The Morgan fingerprint density at radius 2 is 2.25 bits per heavy atom. The van der Waals surface area contributed by atoms with Gasteiger partial charge >= 0.3 is 0 Å². The highest BCUT2D eigenvalue weighted by molar-refractivity contribution is 7.98. The van der Waals surface area contributed by atoms with Gasteiger partial charge in [-0.25, -0.2) is 0 Å². The lowest BCUT2D eigenvalue weighted by molar-refractivity contribution is 1.40. The lowest BCUT2D eigenvalue weighted by Crippen LogP contribution is -1.88. The van der Waals surface area contributed by atoms with Gasteiger partial charge in [0.2, 0.25) is 0 Å². The quantitative estimate of drug-likeness (QED) is 0.454. The highest BCUT2D eigenvalue weighted by Crippen LogP contribution is 1.77. The molecule has 0 atom stereocenters. The molecule has 0 saturated heterocycles. The van der Waals surface area contributed by atoms with Gasteiger partial charge in [-0.2, -0.15) is 11.8 Å². The Labute approximate surface area is 30.6 Å². The molecule has 0 saturated carbocycles. The minimum absolute atomic E-state index is 0.736. The molecule has 0 aromatic carbocycles. The van der Waals surface area contributed by atoms with Crippen molar-refractivity contribution < 1.29 is 0 Å². The smallest absolute Gasteiger partial charge is 0.0389 e. The van der Waals surface area contributed by atoms with Gasteiger partial charge in [-0.05, 0) is 6.26 Å². The van der Waals surface area contributed by atoms with Crippen LogP contribution in [0.4, 0.5) is 0 Å². The van der Waals surface area contributed by atoms with Crippen molar-refractivity contribution >= 4 is 11.8 Å². The zero-order valence-corrected chi connectivity index (χ0v) is 3.51. The van der Waals surface area contributed by atoms with Crippen molar-refractivity contribution in [3.63, 3.8) is 0 Å². The standard InChI is InChI=1S/C2H7NS/c1-4-2-3/h2-3H2,1H3. The average molecular weight is 77.2 g/mol. The molecule has 0 aliphatic rings. The molecule has 2 heteroatoms. The Bertz CT molecular complexity index is 8.00. The maximum Gasteiger partial charge on any atom is 0.0389 e. The largest absolute Gasteiger partial charge is 0.322 e. The molecular formula is C2H7NS. The molecule has 4 heavy (non-hydrogen) atoms. The summed E-state index contributed by atoms with van der Waals surface area (Å²) in [7, 11) is 0. The normalized spacial score (nSPS) is 7.50. The molecule has 0 heterocycles. The maximum atomic E-state index is 4.99. The van der Waals surface area contributed by atoms with E-state index in [0.717, 1.165) is 5.88 Å². The van der Waals surface area contributed by atoms with E-state index >= 15 is 0 Å². The molecule has 0 unspecified atom stereocenters. The van der Waals surface area contributed by atoms with E-state index in [0.29, 0.717) is 0 Å². The molecule has 0 aliphatic carbocycles. The molecule has 1 nitrogen and oxygen atoms in total. The molecule has 0 bridgehead atoms. The topological polar surface area (TPSA) is 26.0 Å². The third-order valence-electron chi connectivity index (χ3n) is 0.167. The van der Waals surface area contributed by atoms with E-state index in [9.17, 15) is 0 Å².